The van der Waals surface area contributed by atoms with E-state index in [0.717, 1.165) is 48.0 Å². The molecule has 258 valence electrons. The molecule has 2 unspecified atom stereocenters. The van der Waals surface area contributed by atoms with E-state index in [1.165, 1.54) is 0 Å². The van der Waals surface area contributed by atoms with Gasteiger partial charge in [-0.2, -0.15) is 0 Å². The van der Waals surface area contributed by atoms with E-state index >= 15 is 0 Å². The van der Waals surface area contributed by atoms with Crippen molar-refractivity contribution < 1.29 is 19.8 Å². The molecule has 0 radical (unpaired) electrons. The van der Waals surface area contributed by atoms with Crippen molar-refractivity contribution in [2.75, 3.05) is 13.1 Å². The van der Waals surface area contributed by atoms with Gasteiger partial charge in [0.25, 0.3) is 0 Å². The highest BCUT2D eigenvalue weighted by molar-refractivity contribution is 5.87. The average Bonchev–Trinajstić information content (AvgIpc) is 2.90. The Morgan fingerprint density at radius 1 is 0.609 bits per heavy atom. The first kappa shape index (κ1) is 39.2. The minimum absolute atomic E-state index is 0.0708. The van der Waals surface area contributed by atoms with Crippen molar-refractivity contribution in [3.63, 3.8) is 0 Å². The summed E-state index contributed by atoms with van der Waals surface area (Å²) in [6, 6.07) is 0. The predicted molar refractivity (Wildman–Crippen MR) is 192 cm³/mol. The Morgan fingerprint density at radius 3 is 1.22 bits per heavy atom. The van der Waals surface area contributed by atoms with Crippen molar-refractivity contribution in [1.82, 2.24) is 10.6 Å². The summed E-state index contributed by atoms with van der Waals surface area (Å²) < 4.78 is 0. The molecule has 0 bridgehead atoms. The predicted octanol–water partition coefficient (Wildman–Crippen LogP) is 9.59. The molecule has 0 heterocycles. The van der Waals surface area contributed by atoms with Gasteiger partial charge < -0.3 is 20.8 Å². The van der Waals surface area contributed by atoms with Gasteiger partial charge in [0.15, 0.2) is 0 Å². The second-order valence-corrected chi connectivity index (χ2v) is 17.3. The van der Waals surface area contributed by atoms with Crippen LogP contribution in [0.1, 0.15) is 122 Å². The number of amides is 2. The van der Waals surface area contributed by atoms with Crippen LogP contribution < -0.4 is 10.6 Å². The van der Waals surface area contributed by atoms with Gasteiger partial charge in [-0.15, -0.1) is 0 Å². The number of carbonyl (C=O) groups excluding carboxylic acids is 2. The molecule has 0 aromatic carbocycles. The number of carbonyl (C=O) groups is 2. The Balaban J connectivity index is 1.73. The third-order valence-electron chi connectivity index (χ3n) is 8.84. The van der Waals surface area contributed by atoms with E-state index in [9.17, 15) is 19.8 Å². The van der Waals surface area contributed by atoms with Crippen LogP contribution in [0.3, 0.4) is 0 Å². The van der Waals surface area contributed by atoms with Gasteiger partial charge >= 0.3 is 0 Å². The lowest BCUT2D eigenvalue weighted by Gasteiger charge is -2.35. The zero-order valence-electron chi connectivity index (χ0n) is 31.0. The number of allylic oxidation sites excluding steroid dienone is 8. The minimum atomic E-state index is -0.183. The fraction of sp³-hybridized carbons (Fsp3) is 0.650. The average molecular weight is 637 g/mol. The van der Waals surface area contributed by atoms with Crippen LogP contribution in [-0.2, 0) is 9.59 Å². The van der Waals surface area contributed by atoms with Crippen molar-refractivity contribution in [3.05, 3.63) is 70.3 Å². The van der Waals surface area contributed by atoms with Crippen LogP contribution >= 0.6 is 0 Å². The third-order valence-corrected chi connectivity index (χ3v) is 8.84. The van der Waals surface area contributed by atoms with Crippen molar-refractivity contribution >= 4 is 11.8 Å². The molecule has 2 aliphatic carbocycles. The largest absolute Gasteiger partial charge is 0.508 e. The standard InChI is InChI=1S/C40H64N2O4/c1-37(2,3)29-23-27(24-30(35(29)45)38(4,5)6)17-19-33(43)41-21-15-13-14-16-22-42-34(44)20-18-28-25-31(39(7,8)9)36(46)32(26-28)40(10,11)12/h17-20,23,25,27-28,45-46H,13-16,21-22,24,26H2,1-12H3,(H,41,43)(H,42,44)/b19-17+,20-18+. The van der Waals surface area contributed by atoms with Gasteiger partial charge in [-0.05, 0) is 93.6 Å². The van der Waals surface area contributed by atoms with Crippen LogP contribution in [-0.4, -0.2) is 35.1 Å². The summed E-state index contributed by atoms with van der Waals surface area (Å²) in [5, 5.41) is 27.9. The number of hydrogen-bond donors (Lipinski definition) is 4. The van der Waals surface area contributed by atoms with Crippen molar-refractivity contribution in [2.24, 2.45) is 33.5 Å². The van der Waals surface area contributed by atoms with Gasteiger partial charge in [0, 0.05) is 13.1 Å². The van der Waals surface area contributed by atoms with E-state index in [-0.39, 0.29) is 45.3 Å². The second kappa shape index (κ2) is 15.7. The van der Waals surface area contributed by atoms with Gasteiger partial charge in [0.2, 0.25) is 11.8 Å². The maximum absolute atomic E-state index is 12.5. The number of aliphatic hydroxyl groups is 2. The molecule has 6 heteroatoms. The Bertz CT molecular complexity index is 1180. The summed E-state index contributed by atoms with van der Waals surface area (Å²) in [6.45, 7) is 26.6. The fourth-order valence-electron chi connectivity index (χ4n) is 6.04. The molecule has 6 nitrogen and oxygen atoms in total. The normalized spacial score (nSPS) is 20.3. The van der Waals surface area contributed by atoms with E-state index in [1.807, 2.05) is 12.2 Å². The molecule has 0 aromatic heterocycles. The van der Waals surface area contributed by atoms with E-state index in [0.29, 0.717) is 37.4 Å². The number of nitrogens with one attached hydrogen (secondary N) is 2. The number of unbranched alkanes of at least 4 members (excludes halogenated alkanes) is 3. The zero-order valence-corrected chi connectivity index (χ0v) is 31.0. The van der Waals surface area contributed by atoms with Gasteiger partial charge in [0.1, 0.15) is 11.5 Å². The molecule has 2 aliphatic rings. The van der Waals surface area contributed by atoms with Gasteiger partial charge in [-0.25, -0.2) is 0 Å². The maximum atomic E-state index is 12.5. The molecule has 0 saturated heterocycles. The number of hydrogen-bond acceptors (Lipinski definition) is 4. The first-order chi connectivity index (χ1) is 21.0. The highest BCUT2D eigenvalue weighted by atomic mass is 16.3. The summed E-state index contributed by atoms with van der Waals surface area (Å²) in [5.41, 5.74) is 3.29. The maximum Gasteiger partial charge on any atom is 0.243 e. The number of aliphatic hydroxyl groups excluding tert-OH is 2. The lowest BCUT2D eigenvalue weighted by Crippen LogP contribution is -2.25. The van der Waals surface area contributed by atoms with Crippen LogP contribution in [0.15, 0.2) is 70.3 Å². The molecule has 0 spiro atoms. The molecule has 2 rings (SSSR count). The zero-order chi connectivity index (χ0) is 35.1. The summed E-state index contributed by atoms with van der Waals surface area (Å²) in [4.78, 5) is 25.0. The van der Waals surface area contributed by atoms with E-state index in [1.54, 1.807) is 12.2 Å². The molecule has 46 heavy (non-hydrogen) atoms. The highest BCUT2D eigenvalue weighted by Gasteiger charge is 2.34. The monoisotopic (exact) mass is 636 g/mol. The van der Waals surface area contributed by atoms with E-state index < -0.39 is 0 Å². The molecule has 2 amide bonds. The first-order valence-corrected chi connectivity index (χ1v) is 17.2. The molecular weight excluding hydrogens is 572 g/mol. The second-order valence-electron chi connectivity index (χ2n) is 17.3. The summed E-state index contributed by atoms with van der Waals surface area (Å²) in [7, 11) is 0. The third kappa shape index (κ3) is 12.0. The van der Waals surface area contributed by atoms with Crippen LogP contribution in [0.4, 0.5) is 0 Å². The minimum Gasteiger partial charge on any atom is -0.508 e. The number of rotatable bonds is 11. The summed E-state index contributed by atoms with van der Waals surface area (Å²) in [5.74, 6) is 0.770. The Morgan fingerprint density at radius 2 is 0.935 bits per heavy atom. The summed E-state index contributed by atoms with van der Waals surface area (Å²) in [6.07, 6.45) is 16.5. The van der Waals surface area contributed by atoms with E-state index in [2.05, 4.69) is 106 Å². The topological polar surface area (TPSA) is 98.7 Å². The van der Waals surface area contributed by atoms with Gasteiger partial charge in [-0.1, -0.05) is 120 Å². The lowest BCUT2D eigenvalue weighted by molar-refractivity contribution is -0.117. The quantitative estimate of drug-likeness (QED) is 0.134. The van der Waals surface area contributed by atoms with Crippen molar-refractivity contribution in [1.29, 1.82) is 0 Å². The molecule has 0 fully saturated rings. The Labute approximate surface area is 280 Å². The first-order valence-electron chi connectivity index (χ1n) is 17.2. The van der Waals surface area contributed by atoms with Crippen LogP contribution in [0, 0.1) is 33.5 Å². The molecule has 0 aromatic rings. The van der Waals surface area contributed by atoms with Crippen LogP contribution in [0.5, 0.6) is 0 Å². The smallest absolute Gasteiger partial charge is 0.243 e. The highest BCUT2D eigenvalue weighted by Crippen LogP contribution is 2.45. The molecule has 4 N–H and O–H groups in total. The molecule has 2 atom stereocenters. The SMILES string of the molecule is CC(C)(C)C1=CC(/C=C/C(=O)NCCCCCCNC(=O)/C=C/C2C=C(C(C)(C)C)C(O)=C(C(C)(C)C)C2)CC(C(C)(C)C)=C1O. The fourth-order valence-corrected chi connectivity index (χ4v) is 6.04. The van der Waals surface area contributed by atoms with E-state index in [4.69, 9.17) is 0 Å². The Hall–Kier alpha value is -3.02. The molecule has 0 saturated carbocycles. The lowest BCUT2D eigenvalue weighted by atomic mass is 9.71. The van der Waals surface area contributed by atoms with Crippen LogP contribution in [0.25, 0.3) is 0 Å². The van der Waals surface area contributed by atoms with Gasteiger partial charge in [0.05, 0.1) is 0 Å². The molecule has 0 aliphatic heterocycles. The van der Waals surface area contributed by atoms with Crippen molar-refractivity contribution in [2.45, 2.75) is 122 Å². The van der Waals surface area contributed by atoms with Crippen molar-refractivity contribution in [3.8, 4) is 0 Å². The van der Waals surface area contributed by atoms with Crippen LogP contribution in [0.2, 0.25) is 0 Å². The summed E-state index contributed by atoms with van der Waals surface area (Å²) >= 11 is 0. The van der Waals surface area contributed by atoms with Gasteiger partial charge in [-0.3, -0.25) is 9.59 Å². The Kier molecular flexibility index (Phi) is 13.4. The molecular formula is C40H64N2O4.